The quantitative estimate of drug-likeness (QED) is 0.389. The topological polar surface area (TPSA) is 115 Å². The van der Waals surface area contributed by atoms with Gasteiger partial charge < -0.3 is 21.7 Å². The summed E-state index contributed by atoms with van der Waals surface area (Å²) in [5, 5.41) is 9.25. The number of fused-ring (bicyclic) bond motifs is 1. The molecule has 36 heavy (non-hydrogen) atoms. The van der Waals surface area contributed by atoms with Gasteiger partial charge in [0, 0.05) is 49.2 Å². The average Bonchev–Trinajstić information content (AvgIpc) is 3.23. The molecular weight excluding hydrogens is 450 g/mol. The van der Waals surface area contributed by atoms with Crippen LogP contribution in [0.4, 0.5) is 5.82 Å². The predicted octanol–water partition coefficient (Wildman–Crippen LogP) is 3.30. The number of hydrogen-bond donors (Lipinski definition) is 3. The van der Waals surface area contributed by atoms with Crippen LogP contribution < -0.4 is 16.8 Å². The van der Waals surface area contributed by atoms with Crippen molar-refractivity contribution in [1.29, 1.82) is 0 Å². The molecule has 2 fully saturated rings. The molecule has 1 saturated carbocycles. The Morgan fingerprint density at radius 2 is 1.75 bits per heavy atom. The van der Waals surface area contributed by atoms with Crippen LogP contribution in [0.3, 0.4) is 0 Å². The number of piperazine rings is 1. The molecule has 4 aromatic rings. The minimum Gasteiger partial charge on any atom is -0.383 e. The molecule has 0 spiro atoms. The first-order valence-corrected chi connectivity index (χ1v) is 12.6. The van der Waals surface area contributed by atoms with Crippen LogP contribution in [0.5, 0.6) is 0 Å². The number of rotatable bonds is 6. The van der Waals surface area contributed by atoms with Crippen LogP contribution in [-0.4, -0.2) is 58.3 Å². The molecule has 6 rings (SSSR count). The van der Waals surface area contributed by atoms with E-state index in [2.05, 4.69) is 16.3 Å². The van der Waals surface area contributed by atoms with Crippen LogP contribution in [0.15, 0.2) is 60.7 Å². The molecule has 2 aromatic heterocycles. The van der Waals surface area contributed by atoms with Crippen LogP contribution >= 0.6 is 0 Å². The third-order valence-corrected chi connectivity index (χ3v) is 7.51. The van der Waals surface area contributed by atoms with Gasteiger partial charge >= 0.3 is 0 Å². The van der Waals surface area contributed by atoms with Gasteiger partial charge in [0.25, 0.3) is 5.91 Å². The molecule has 8 nitrogen and oxygen atoms in total. The fraction of sp³-hybridized carbons (Fsp3) is 0.321. The van der Waals surface area contributed by atoms with E-state index < -0.39 is 5.91 Å². The lowest BCUT2D eigenvalue weighted by Crippen LogP contribution is -2.47. The monoisotopic (exact) mass is 481 g/mol. The standard InChI is InChI=1S/C28H31N7O/c29-27-25(28(30)36)26(33-35(27)22-14-18(15-22)17-34-12-10-31-11-13-34)21-7-6-20-8-9-23(32-24(20)16-21)19-4-2-1-3-5-19/h1-9,16,18,22,31H,10-15,17,29H2,(H2,30,36). The Kier molecular flexibility index (Phi) is 5.91. The van der Waals surface area contributed by atoms with Crippen molar-refractivity contribution in [3.8, 4) is 22.5 Å². The Bertz CT molecular complexity index is 1400. The van der Waals surface area contributed by atoms with Crippen LogP contribution in [0.25, 0.3) is 33.4 Å². The number of primary amides is 1. The summed E-state index contributed by atoms with van der Waals surface area (Å²) in [6.07, 6.45) is 2.01. The third kappa shape index (κ3) is 4.23. The zero-order valence-corrected chi connectivity index (χ0v) is 20.2. The maximum absolute atomic E-state index is 12.4. The molecule has 5 N–H and O–H groups in total. The maximum atomic E-state index is 12.4. The highest BCUT2D eigenvalue weighted by molar-refractivity contribution is 6.04. The Labute approximate surface area is 210 Å². The number of nitrogen functional groups attached to an aromatic ring is 1. The third-order valence-electron chi connectivity index (χ3n) is 7.51. The zero-order chi connectivity index (χ0) is 24.6. The van der Waals surface area contributed by atoms with Gasteiger partial charge in [-0.2, -0.15) is 5.10 Å². The Balaban J connectivity index is 1.29. The van der Waals surface area contributed by atoms with Gasteiger partial charge in [-0.1, -0.05) is 48.5 Å². The van der Waals surface area contributed by atoms with Crippen molar-refractivity contribution >= 4 is 22.6 Å². The number of carbonyl (C=O) groups is 1. The van der Waals surface area contributed by atoms with E-state index in [0.29, 0.717) is 23.0 Å². The van der Waals surface area contributed by atoms with E-state index in [4.69, 9.17) is 21.5 Å². The minimum atomic E-state index is -0.559. The summed E-state index contributed by atoms with van der Waals surface area (Å²) >= 11 is 0. The highest BCUT2D eigenvalue weighted by Gasteiger charge is 2.35. The van der Waals surface area contributed by atoms with Crippen LogP contribution in [0, 0.1) is 5.92 Å². The first-order valence-electron chi connectivity index (χ1n) is 12.6. The molecule has 2 aliphatic rings. The van der Waals surface area contributed by atoms with Crippen molar-refractivity contribution < 1.29 is 4.79 Å². The molecular formula is C28H31N7O. The fourth-order valence-corrected chi connectivity index (χ4v) is 5.51. The van der Waals surface area contributed by atoms with Gasteiger partial charge in [-0.25, -0.2) is 9.67 Å². The second-order valence-corrected chi connectivity index (χ2v) is 9.93. The van der Waals surface area contributed by atoms with E-state index in [1.54, 1.807) is 0 Å². The molecule has 1 aliphatic heterocycles. The van der Waals surface area contributed by atoms with Crippen molar-refractivity contribution in [2.24, 2.45) is 11.7 Å². The number of amides is 1. The second kappa shape index (κ2) is 9.37. The number of aromatic nitrogens is 3. The molecule has 0 radical (unpaired) electrons. The highest BCUT2D eigenvalue weighted by Crippen LogP contribution is 2.41. The number of anilines is 1. The van der Waals surface area contributed by atoms with Gasteiger partial charge in [0.1, 0.15) is 17.1 Å². The number of carbonyl (C=O) groups excluding carboxylic acids is 1. The van der Waals surface area contributed by atoms with Gasteiger partial charge in [-0.15, -0.1) is 0 Å². The molecule has 0 unspecified atom stereocenters. The minimum absolute atomic E-state index is 0.188. The number of pyridine rings is 1. The second-order valence-electron chi connectivity index (χ2n) is 9.93. The largest absolute Gasteiger partial charge is 0.383 e. The van der Waals surface area contributed by atoms with Crippen LogP contribution in [-0.2, 0) is 0 Å². The van der Waals surface area contributed by atoms with Crippen molar-refractivity contribution in [1.82, 2.24) is 25.0 Å². The first-order chi connectivity index (χ1) is 17.6. The number of hydrogen-bond acceptors (Lipinski definition) is 6. The zero-order valence-electron chi connectivity index (χ0n) is 20.2. The average molecular weight is 482 g/mol. The molecule has 1 aliphatic carbocycles. The van der Waals surface area contributed by atoms with Crippen LogP contribution in [0.2, 0.25) is 0 Å². The predicted molar refractivity (Wildman–Crippen MR) is 142 cm³/mol. The summed E-state index contributed by atoms with van der Waals surface area (Å²) in [6, 6.07) is 20.3. The molecule has 184 valence electrons. The molecule has 8 heteroatoms. The van der Waals surface area contributed by atoms with Gasteiger partial charge in [-0.05, 0) is 30.9 Å². The van der Waals surface area contributed by atoms with Gasteiger partial charge in [0.2, 0.25) is 0 Å². The number of benzene rings is 2. The van der Waals surface area contributed by atoms with E-state index in [1.807, 2.05) is 59.3 Å². The molecule has 0 bridgehead atoms. The lowest BCUT2D eigenvalue weighted by Gasteiger charge is -2.40. The van der Waals surface area contributed by atoms with E-state index in [1.165, 1.54) is 0 Å². The Hall–Kier alpha value is -3.75. The van der Waals surface area contributed by atoms with Gasteiger partial charge in [0.05, 0.1) is 17.3 Å². The lowest BCUT2D eigenvalue weighted by molar-refractivity contribution is 0.100. The van der Waals surface area contributed by atoms with Crippen molar-refractivity contribution in [2.75, 3.05) is 38.5 Å². The first kappa shape index (κ1) is 22.7. The van der Waals surface area contributed by atoms with Crippen LogP contribution in [0.1, 0.15) is 29.2 Å². The summed E-state index contributed by atoms with van der Waals surface area (Å²) in [5.74, 6) is 0.421. The van der Waals surface area contributed by atoms with Crippen molar-refractivity contribution in [3.05, 3.63) is 66.2 Å². The van der Waals surface area contributed by atoms with Crippen molar-refractivity contribution in [3.63, 3.8) is 0 Å². The fourth-order valence-electron chi connectivity index (χ4n) is 5.51. The molecule has 0 atom stereocenters. The lowest BCUT2D eigenvalue weighted by atomic mass is 9.80. The summed E-state index contributed by atoms with van der Waals surface area (Å²) in [6.45, 7) is 5.42. The molecule has 3 heterocycles. The van der Waals surface area contributed by atoms with Gasteiger partial charge in [0.15, 0.2) is 0 Å². The van der Waals surface area contributed by atoms with E-state index >= 15 is 0 Å². The maximum Gasteiger partial charge on any atom is 0.254 e. The normalized spacial score (nSPS) is 20.3. The summed E-state index contributed by atoms with van der Waals surface area (Å²) in [7, 11) is 0. The molecule has 1 amide bonds. The SMILES string of the molecule is NC(=O)c1c(-c2ccc3ccc(-c4ccccc4)nc3c2)nn(C2CC(CN3CCNCC3)C2)c1N. The number of nitrogens with zero attached hydrogens (tertiary/aromatic N) is 4. The molecule has 2 aromatic carbocycles. The van der Waals surface area contributed by atoms with E-state index in [-0.39, 0.29) is 6.04 Å². The Morgan fingerprint density at radius 3 is 2.50 bits per heavy atom. The van der Waals surface area contributed by atoms with Gasteiger partial charge in [-0.3, -0.25) is 4.79 Å². The highest BCUT2D eigenvalue weighted by atomic mass is 16.1. The summed E-state index contributed by atoms with van der Waals surface area (Å²) in [5.41, 5.74) is 16.6. The Morgan fingerprint density at radius 1 is 1.00 bits per heavy atom. The van der Waals surface area contributed by atoms with Crippen molar-refractivity contribution in [2.45, 2.75) is 18.9 Å². The number of nitrogens with two attached hydrogens (primary N) is 2. The summed E-state index contributed by atoms with van der Waals surface area (Å²) < 4.78 is 1.82. The van der Waals surface area contributed by atoms with E-state index in [0.717, 1.165) is 73.3 Å². The summed E-state index contributed by atoms with van der Waals surface area (Å²) in [4.78, 5) is 19.8. The van der Waals surface area contributed by atoms with E-state index in [9.17, 15) is 4.79 Å². The molecule has 1 saturated heterocycles. The number of nitrogens with one attached hydrogen (secondary N) is 1. The smallest absolute Gasteiger partial charge is 0.254 e.